The lowest BCUT2D eigenvalue weighted by Gasteiger charge is -2.43. The second kappa shape index (κ2) is 9.36. The Morgan fingerprint density at radius 1 is 0.975 bits per heavy atom. The molecule has 0 amide bonds. The fourth-order valence-corrected chi connectivity index (χ4v) is 7.36. The molecule has 206 valence electrons. The van der Waals surface area contributed by atoms with E-state index in [1.165, 1.54) is 0 Å². The zero-order chi connectivity index (χ0) is 27.8. The van der Waals surface area contributed by atoms with Gasteiger partial charge in [-0.15, -0.1) is 0 Å². The number of rotatable bonds is 4. The van der Waals surface area contributed by atoms with E-state index in [2.05, 4.69) is 41.7 Å². The smallest absolute Gasteiger partial charge is 0.176 e. The number of carbonyl (C=O) groups is 1. The summed E-state index contributed by atoms with van der Waals surface area (Å²) in [4.78, 5) is 14.0. The number of ketones is 1. The highest BCUT2D eigenvalue weighted by Gasteiger charge is 2.59. The number of ether oxygens (including phenoxy) is 3. The minimum absolute atomic E-state index is 0.0333. The first-order valence-corrected chi connectivity index (χ1v) is 13.8. The predicted molar refractivity (Wildman–Crippen MR) is 151 cm³/mol. The van der Waals surface area contributed by atoms with Gasteiger partial charge in [0.1, 0.15) is 18.0 Å². The number of likely N-dealkylation sites (N-methyl/N-ethyl adjacent to an activating group) is 1. The van der Waals surface area contributed by atoms with Crippen molar-refractivity contribution < 1.29 is 29.2 Å². The lowest BCUT2D eigenvalue weighted by Crippen LogP contribution is -2.62. The maximum absolute atomic E-state index is 14.0. The van der Waals surface area contributed by atoms with Crippen molar-refractivity contribution in [1.29, 1.82) is 0 Å². The van der Waals surface area contributed by atoms with Crippen LogP contribution in [0.1, 0.15) is 41.2 Å². The average molecular weight is 540 g/mol. The molecule has 3 aliphatic carbocycles. The number of carbonyl (C=O) groups excluding carboxylic acids is 1. The van der Waals surface area contributed by atoms with Gasteiger partial charge in [-0.25, -0.2) is 0 Å². The molecule has 3 aromatic carbocycles. The predicted octanol–water partition coefficient (Wildman–Crippen LogP) is 3.78. The van der Waals surface area contributed by atoms with Crippen LogP contribution in [0, 0.1) is 5.92 Å². The second-order valence-electron chi connectivity index (χ2n) is 11.3. The molecule has 1 fully saturated rings. The lowest BCUT2D eigenvalue weighted by molar-refractivity contribution is -0.277. The van der Waals surface area contributed by atoms with Gasteiger partial charge in [-0.1, -0.05) is 54.6 Å². The molecule has 40 heavy (non-hydrogen) atoms. The van der Waals surface area contributed by atoms with Crippen LogP contribution < -0.4 is 10.1 Å². The summed E-state index contributed by atoms with van der Waals surface area (Å²) in [7, 11) is 3.36. The van der Waals surface area contributed by atoms with Crippen LogP contribution in [0.5, 0.6) is 5.75 Å². The van der Waals surface area contributed by atoms with Gasteiger partial charge >= 0.3 is 0 Å². The highest BCUT2D eigenvalue weighted by molar-refractivity contribution is 6.08. The molecule has 0 aromatic heterocycles. The van der Waals surface area contributed by atoms with Crippen LogP contribution in [0.3, 0.4) is 0 Å². The third-order valence-electron chi connectivity index (χ3n) is 9.38. The molecule has 1 saturated heterocycles. The first kappa shape index (κ1) is 25.6. The summed E-state index contributed by atoms with van der Waals surface area (Å²) in [6.45, 7) is 1.73. The molecule has 0 unspecified atom stereocenters. The molecule has 0 bridgehead atoms. The second-order valence-corrected chi connectivity index (χ2v) is 11.3. The van der Waals surface area contributed by atoms with Crippen molar-refractivity contribution in [1.82, 2.24) is 5.32 Å². The number of hydrogen-bond donors (Lipinski definition) is 3. The van der Waals surface area contributed by atoms with Crippen molar-refractivity contribution in [2.24, 2.45) is 5.92 Å². The van der Waals surface area contributed by atoms with Gasteiger partial charge in [-0.2, -0.15) is 0 Å². The van der Waals surface area contributed by atoms with E-state index in [0.29, 0.717) is 5.75 Å². The summed E-state index contributed by atoms with van der Waals surface area (Å²) in [5, 5.41) is 26.5. The van der Waals surface area contributed by atoms with E-state index in [4.69, 9.17) is 14.2 Å². The first-order valence-electron chi connectivity index (χ1n) is 13.8. The van der Waals surface area contributed by atoms with Crippen molar-refractivity contribution in [3.8, 4) is 5.75 Å². The summed E-state index contributed by atoms with van der Waals surface area (Å²) in [6, 6.07) is 17.9. The monoisotopic (exact) mass is 539 g/mol. The SMILES string of the molecule is CN[C@H]1[C@@H](O[C@H]2c3cc4ccccc4cc3[C@@H]3[C@H]2C=C[C@]32C(=O)C=Cc3ccc(OC)cc32)O[C@H](C)[C@H](O)[C@@H]1O. The molecule has 1 aliphatic heterocycles. The molecule has 9 atom stereocenters. The van der Waals surface area contributed by atoms with Crippen LogP contribution in [0.2, 0.25) is 0 Å². The van der Waals surface area contributed by atoms with Gasteiger partial charge in [0.2, 0.25) is 0 Å². The fraction of sp³-hybridized carbons (Fsp3) is 0.364. The largest absolute Gasteiger partial charge is 0.497 e. The van der Waals surface area contributed by atoms with Gasteiger partial charge in [0.05, 0.1) is 30.8 Å². The van der Waals surface area contributed by atoms with Crippen LogP contribution in [0.4, 0.5) is 0 Å². The van der Waals surface area contributed by atoms with Crippen LogP contribution in [-0.4, -0.2) is 60.8 Å². The summed E-state index contributed by atoms with van der Waals surface area (Å²) >= 11 is 0. The molecule has 1 heterocycles. The highest BCUT2D eigenvalue weighted by Crippen LogP contribution is 2.63. The number of benzene rings is 3. The van der Waals surface area contributed by atoms with Crippen molar-refractivity contribution in [2.75, 3.05) is 14.2 Å². The van der Waals surface area contributed by atoms with E-state index < -0.39 is 42.2 Å². The summed E-state index contributed by atoms with van der Waals surface area (Å²) in [5.74, 6) is 0.384. The van der Waals surface area contributed by atoms with Gasteiger partial charge in [-0.05, 0) is 71.3 Å². The van der Waals surface area contributed by atoms with Crippen LogP contribution >= 0.6 is 0 Å². The Morgan fingerprint density at radius 2 is 1.73 bits per heavy atom. The Kier molecular flexibility index (Phi) is 6.00. The molecule has 1 spiro atoms. The number of aliphatic hydroxyl groups is 2. The fourth-order valence-electron chi connectivity index (χ4n) is 7.36. The number of aliphatic hydroxyl groups excluding tert-OH is 2. The Labute approximate surface area is 233 Å². The normalized spacial score (nSPS) is 35.7. The average Bonchev–Trinajstić information content (AvgIpc) is 3.49. The Hall–Kier alpha value is -3.33. The van der Waals surface area contributed by atoms with Crippen molar-refractivity contribution >= 4 is 22.6 Å². The van der Waals surface area contributed by atoms with E-state index in [1.54, 1.807) is 27.2 Å². The number of fused-ring (bicyclic) bond motifs is 7. The maximum atomic E-state index is 14.0. The Morgan fingerprint density at radius 3 is 2.45 bits per heavy atom. The number of allylic oxidation sites excluding steroid dienone is 2. The molecule has 7 nitrogen and oxygen atoms in total. The minimum atomic E-state index is -1.05. The van der Waals surface area contributed by atoms with Gasteiger partial charge in [0.25, 0.3) is 0 Å². The topological polar surface area (TPSA) is 97.3 Å². The molecule has 3 aromatic rings. The van der Waals surface area contributed by atoms with E-state index in [-0.39, 0.29) is 17.6 Å². The molecular formula is C33H33NO6. The maximum Gasteiger partial charge on any atom is 0.176 e. The van der Waals surface area contributed by atoms with Crippen LogP contribution in [0.25, 0.3) is 16.8 Å². The van der Waals surface area contributed by atoms with Crippen molar-refractivity contribution in [2.45, 2.75) is 55.0 Å². The van der Waals surface area contributed by atoms with E-state index in [9.17, 15) is 15.0 Å². The first-order chi connectivity index (χ1) is 19.4. The summed E-state index contributed by atoms with van der Waals surface area (Å²) in [6.07, 6.45) is 3.83. The zero-order valence-electron chi connectivity index (χ0n) is 22.7. The van der Waals surface area contributed by atoms with Crippen molar-refractivity contribution in [3.05, 3.63) is 95.1 Å². The van der Waals surface area contributed by atoms with Gasteiger partial charge in [0, 0.05) is 11.8 Å². The van der Waals surface area contributed by atoms with Crippen molar-refractivity contribution in [3.63, 3.8) is 0 Å². The third kappa shape index (κ3) is 3.52. The van der Waals surface area contributed by atoms with Gasteiger partial charge in [-0.3, -0.25) is 4.79 Å². The molecule has 7 heteroatoms. The summed E-state index contributed by atoms with van der Waals surface area (Å²) in [5.41, 5.74) is 3.10. The lowest BCUT2D eigenvalue weighted by atomic mass is 9.63. The minimum Gasteiger partial charge on any atom is -0.497 e. The van der Waals surface area contributed by atoms with E-state index in [0.717, 1.165) is 33.0 Å². The van der Waals surface area contributed by atoms with Crippen LogP contribution in [0.15, 0.2) is 72.8 Å². The van der Waals surface area contributed by atoms with Gasteiger partial charge in [0.15, 0.2) is 12.1 Å². The third-order valence-corrected chi connectivity index (χ3v) is 9.38. The van der Waals surface area contributed by atoms with Gasteiger partial charge < -0.3 is 29.7 Å². The molecule has 3 N–H and O–H groups in total. The molecule has 7 rings (SSSR count). The molecule has 0 radical (unpaired) electrons. The molecule has 4 aliphatic rings. The van der Waals surface area contributed by atoms with E-state index in [1.807, 2.05) is 36.4 Å². The number of methoxy groups -OCH3 is 1. The highest BCUT2D eigenvalue weighted by atomic mass is 16.7. The quantitative estimate of drug-likeness (QED) is 0.434. The Bertz CT molecular complexity index is 1560. The number of nitrogens with one attached hydrogen (secondary N) is 1. The standard InChI is InChI=1S/C33H33NO6/c1-17-29(36)30(37)28(34-2)32(39-17)40-31-22-12-13-33(25-16-21(38-3)10-8-18(25)9-11-26(33)35)27(22)23-14-19-6-4-5-7-20(19)15-24(23)31/h4-17,22,27-32,34,36-37H,1-3H3/t17-,22-,27+,28-,29+,30-,31-,32-,33+/m1/s1. The van der Waals surface area contributed by atoms with E-state index >= 15 is 0 Å². The molecule has 0 saturated carbocycles. The molecular weight excluding hydrogens is 506 g/mol. The number of hydrogen-bond acceptors (Lipinski definition) is 7. The zero-order valence-corrected chi connectivity index (χ0v) is 22.7. The Balaban J connectivity index is 1.39. The summed E-state index contributed by atoms with van der Waals surface area (Å²) < 4.78 is 18.5. The van der Waals surface area contributed by atoms with Crippen LogP contribution in [-0.2, 0) is 19.7 Å².